The number of aromatic nitrogens is 1. The van der Waals surface area contributed by atoms with Crippen LogP contribution in [0, 0.1) is 0 Å². The van der Waals surface area contributed by atoms with Crippen LogP contribution in [0.25, 0.3) is 16.0 Å². The summed E-state index contributed by atoms with van der Waals surface area (Å²) in [4.78, 5) is 33.7. The second kappa shape index (κ2) is 12.5. The van der Waals surface area contributed by atoms with Crippen LogP contribution in [0.1, 0.15) is 44.4 Å². The molecule has 1 amide bonds. The Morgan fingerprint density at radius 2 is 1.73 bits per heavy atom. The summed E-state index contributed by atoms with van der Waals surface area (Å²) in [5.74, 6) is 0.698. The molecule has 1 atom stereocenters. The van der Waals surface area contributed by atoms with Gasteiger partial charge in [0.1, 0.15) is 24.7 Å². The summed E-state index contributed by atoms with van der Waals surface area (Å²) >= 11 is 1.26. The summed E-state index contributed by atoms with van der Waals surface area (Å²) in [7, 11) is 0. The Balaban J connectivity index is 1.52. The van der Waals surface area contributed by atoms with Crippen molar-refractivity contribution in [3.05, 3.63) is 71.3 Å². The first-order valence-electron chi connectivity index (χ1n) is 14.6. The van der Waals surface area contributed by atoms with Crippen LogP contribution in [0.2, 0.25) is 0 Å². The molecule has 1 N–H and O–H groups in total. The minimum absolute atomic E-state index is 0.0781. The molecule has 2 aliphatic rings. The topological polar surface area (TPSA) is 117 Å². The van der Waals surface area contributed by atoms with Gasteiger partial charge in [0, 0.05) is 5.56 Å². The summed E-state index contributed by atoms with van der Waals surface area (Å²) in [5, 5.41) is 12.0. The van der Waals surface area contributed by atoms with E-state index in [-0.39, 0.29) is 11.3 Å². The van der Waals surface area contributed by atoms with Gasteiger partial charge in [0.05, 0.1) is 41.7 Å². The number of nitrogens with zero attached hydrogens (tertiary/aromatic N) is 2. The molecule has 0 radical (unpaired) electrons. The number of carbonyl (C=O) groups is 2. The minimum Gasteiger partial charge on any atom is -0.507 e. The number of ether oxygens (including phenoxy) is 5. The lowest BCUT2D eigenvalue weighted by Crippen LogP contribution is -2.29. The number of carbonyl (C=O) groups excluding carboxylic acids is 2. The molecule has 2 aliphatic heterocycles. The van der Waals surface area contributed by atoms with E-state index in [2.05, 4.69) is 0 Å². The summed E-state index contributed by atoms with van der Waals surface area (Å²) in [6.07, 6.45) is 0.811. The quantitative estimate of drug-likeness (QED) is 0.125. The monoisotopic (exact) mass is 616 g/mol. The molecular formula is C33H32N2O8S. The third kappa shape index (κ3) is 5.39. The molecular weight excluding hydrogens is 584 g/mol. The maximum absolute atomic E-state index is 13.8. The normalized spacial score (nSPS) is 17.2. The van der Waals surface area contributed by atoms with Crippen LogP contribution in [0.5, 0.6) is 28.7 Å². The number of fused-ring (bicyclic) bond motifs is 2. The molecule has 0 aliphatic carbocycles. The molecule has 0 saturated carbocycles. The van der Waals surface area contributed by atoms with Crippen molar-refractivity contribution in [2.45, 2.75) is 33.2 Å². The maximum atomic E-state index is 13.8. The molecule has 0 bridgehead atoms. The summed E-state index contributed by atoms with van der Waals surface area (Å²) in [6.45, 7) is 7.93. The highest BCUT2D eigenvalue weighted by molar-refractivity contribution is 7.22. The predicted molar refractivity (Wildman–Crippen MR) is 166 cm³/mol. The highest BCUT2D eigenvalue weighted by Gasteiger charge is 2.48. The predicted octanol–water partition coefficient (Wildman–Crippen LogP) is 6.28. The Labute approximate surface area is 258 Å². The van der Waals surface area contributed by atoms with Crippen molar-refractivity contribution < 1.29 is 38.4 Å². The largest absolute Gasteiger partial charge is 0.507 e. The molecule has 1 saturated heterocycles. The Morgan fingerprint density at radius 1 is 0.932 bits per heavy atom. The number of benzene rings is 3. The lowest BCUT2D eigenvalue weighted by molar-refractivity contribution is -0.132. The Morgan fingerprint density at radius 3 is 2.50 bits per heavy atom. The minimum atomic E-state index is -1.01. The van der Waals surface area contributed by atoms with Crippen LogP contribution in [0.4, 0.5) is 5.13 Å². The average Bonchev–Trinajstić information content (AvgIpc) is 3.57. The van der Waals surface area contributed by atoms with Gasteiger partial charge >= 0.3 is 5.91 Å². The first-order chi connectivity index (χ1) is 21.4. The number of thiazole rings is 1. The molecule has 10 nitrogen and oxygen atoms in total. The number of amides is 1. The van der Waals surface area contributed by atoms with Gasteiger partial charge in [-0.2, -0.15) is 0 Å². The summed E-state index contributed by atoms with van der Waals surface area (Å²) in [5.41, 5.74) is 1.44. The van der Waals surface area contributed by atoms with E-state index in [1.165, 1.54) is 16.2 Å². The molecule has 228 valence electrons. The first-order valence-corrected chi connectivity index (χ1v) is 15.4. The van der Waals surface area contributed by atoms with Gasteiger partial charge < -0.3 is 28.8 Å². The van der Waals surface area contributed by atoms with Gasteiger partial charge in [0.15, 0.2) is 28.1 Å². The second-order valence-corrected chi connectivity index (χ2v) is 11.1. The molecule has 11 heteroatoms. The van der Waals surface area contributed by atoms with E-state index in [1.54, 1.807) is 36.4 Å². The number of hydrogen-bond acceptors (Lipinski definition) is 10. The van der Waals surface area contributed by atoms with Gasteiger partial charge in [-0.25, -0.2) is 4.98 Å². The van der Waals surface area contributed by atoms with Gasteiger partial charge in [0.25, 0.3) is 5.78 Å². The molecule has 44 heavy (non-hydrogen) atoms. The van der Waals surface area contributed by atoms with Crippen LogP contribution in [0.15, 0.2) is 60.2 Å². The fourth-order valence-electron chi connectivity index (χ4n) is 5.24. The standard InChI is InChI=1S/C33H32N2O8S/c1-4-13-41-23-11-7-19(16-25(23)40-6-3)29-28(30(36)20-8-12-24-26(17-20)43-15-14-42-24)31(37)32(38)35(29)33-34-22-10-9-21(39-5-2)18-27(22)44-33/h7-12,16-18,29,36H,4-6,13-15H2,1-3H3/b30-28+/t29-/m0/s1. The van der Waals surface area contributed by atoms with Gasteiger partial charge in [0.2, 0.25) is 0 Å². The molecule has 1 fully saturated rings. The molecule has 3 heterocycles. The van der Waals surface area contributed by atoms with Crippen molar-refractivity contribution in [3.8, 4) is 28.7 Å². The number of anilines is 1. The number of Topliss-reactive ketones (excluding diaryl/α,β-unsaturated/α-hetero) is 1. The van der Waals surface area contributed by atoms with Crippen LogP contribution in [-0.4, -0.2) is 54.8 Å². The van der Waals surface area contributed by atoms with Crippen LogP contribution < -0.4 is 28.6 Å². The van der Waals surface area contributed by atoms with Gasteiger partial charge in [-0.15, -0.1) is 0 Å². The molecule has 4 aromatic rings. The fraction of sp³-hybridized carbons (Fsp3) is 0.303. The Bertz CT molecular complexity index is 1760. The maximum Gasteiger partial charge on any atom is 0.301 e. The van der Waals surface area contributed by atoms with E-state index in [1.807, 2.05) is 39.0 Å². The molecule has 1 aromatic heterocycles. The van der Waals surface area contributed by atoms with Crippen molar-refractivity contribution in [2.75, 3.05) is 37.9 Å². The van der Waals surface area contributed by atoms with Crippen molar-refractivity contribution in [3.63, 3.8) is 0 Å². The van der Waals surface area contributed by atoms with Crippen molar-refractivity contribution in [1.82, 2.24) is 4.98 Å². The third-order valence-electron chi connectivity index (χ3n) is 7.17. The van der Waals surface area contributed by atoms with Gasteiger partial charge in [-0.1, -0.05) is 24.3 Å². The van der Waals surface area contributed by atoms with Gasteiger partial charge in [-0.05, 0) is 74.4 Å². The number of hydrogen-bond donors (Lipinski definition) is 1. The van der Waals surface area contributed by atoms with E-state index >= 15 is 0 Å². The van der Waals surface area contributed by atoms with Crippen LogP contribution in [0.3, 0.4) is 0 Å². The van der Waals surface area contributed by atoms with E-state index < -0.39 is 17.7 Å². The number of rotatable bonds is 10. The van der Waals surface area contributed by atoms with E-state index in [9.17, 15) is 14.7 Å². The number of aliphatic hydroxyl groups excluding tert-OH is 1. The van der Waals surface area contributed by atoms with Crippen molar-refractivity contribution in [1.29, 1.82) is 0 Å². The molecule has 0 spiro atoms. The fourth-order valence-corrected chi connectivity index (χ4v) is 6.26. The SMILES string of the molecule is CCCOc1ccc([C@H]2/C(=C(\O)c3ccc4c(c3)OCCO4)C(=O)C(=O)N2c2nc3ccc(OCC)cc3s2)cc1OCC. The summed E-state index contributed by atoms with van der Waals surface area (Å²) < 4.78 is 29.6. The molecule has 0 unspecified atom stereocenters. The molecule has 3 aromatic carbocycles. The molecule has 6 rings (SSSR count). The Hall–Kier alpha value is -4.77. The second-order valence-electron chi connectivity index (χ2n) is 10.1. The first kappa shape index (κ1) is 29.3. The van der Waals surface area contributed by atoms with Gasteiger partial charge in [-0.3, -0.25) is 14.5 Å². The lowest BCUT2D eigenvalue weighted by atomic mass is 9.95. The van der Waals surface area contributed by atoms with E-state index in [0.717, 1.165) is 11.1 Å². The zero-order valence-electron chi connectivity index (χ0n) is 24.6. The summed E-state index contributed by atoms with van der Waals surface area (Å²) in [6, 6.07) is 14.7. The van der Waals surface area contributed by atoms with E-state index in [4.69, 9.17) is 28.7 Å². The average molecular weight is 617 g/mol. The van der Waals surface area contributed by atoms with Crippen molar-refractivity contribution >= 4 is 44.1 Å². The highest BCUT2D eigenvalue weighted by Crippen LogP contribution is 2.46. The smallest absolute Gasteiger partial charge is 0.301 e. The van der Waals surface area contributed by atoms with Crippen LogP contribution >= 0.6 is 11.3 Å². The zero-order valence-corrected chi connectivity index (χ0v) is 25.4. The van der Waals surface area contributed by atoms with E-state index in [0.29, 0.717) is 83.6 Å². The number of ketones is 1. The zero-order chi connectivity index (χ0) is 30.8. The number of aliphatic hydroxyl groups is 1. The third-order valence-corrected chi connectivity index (χ3v) is 8.19. The van der Waals surface area contributed by atoms with Crippen molar-refractivity contribution in [2.24, 2.45) is 0 Å². The Kier molecular flexibility index (Phi) is 8.30. The highest BCUT2D eigenvalue weighted by atomic mass is 32.1. The lowest BCUT2D eigenvalue weighted by Gasteiger charge is -2.24. The van der Waals surface area contributed by atoms with Crippen LogP contribution in [-0.2, 0) is 9.59 Å².